The largest absolute Gasteiger partial charge is 0.354 e. The van der Waals surface area contributed by atoms with Crippen molar-refractivity contribution in [2.24, 2.45) is 0 Å². The lowest BCUT2D eigenvalue weighted by Gasteiger charge is -2.09. The molecule has 0 atom stereocenters. The van der Waals surface area contributed by atoms with Crippen molar-refractivity contribution < 1.29 is 9.59 Å². The van der Waals surface area contributed by atoms with Crippen LogP contribution in [-0.4, -0.2) is 34.7 Å². The van der Waals surface area contributed by atoms with Gasteiger partial charge in [-0.1, -0.05) is 46.9 Å². The van der Waals surface area contributed by atoms with Gasteiger partial charge >= 0.3 is 0 Å². The number of hydrogen-bond donors (Lipinski definition) is 2. The van der Waals surface area contributed by atoms with E-state index in [4.69, 9.17) is 34.8 Å². The first-order valence-electron chi connectivity index (χ1n) is 9.58. The Kier molecular flexibility index (Phi) is 7.59. The van der Waals surface area contributed by atoms with Gasteiger partial charge in [-0.15, -0.1) is 0 Å². The number of nitrogens with zero attached hydrogens (tertiary/aromatic N) is 2. The molecule has 162 valence electrons. The Hall–Kier alpha value is -2.54. The van der Waals surface area contributed by atoms with Crippen LogP contribution in [0, 0.1) is 13.8 Å². The minimum absolute atomic E-state index is 0.167. The molecule has 3 aromatic rings. The summed E-state index contributed by atoms with van der Waals surface area (Å²) in [7, 11) is 0. The van der Waals surface area contributed by atoms with E-state index in [1.807, 2.05) is 13.8 Å². The predicted octanol–water partition coefficient (Wildman–Crippen LogP) is 4.54. The number of nitrogens with one attached hydrogen (secondary N) is 2. The maximum absolute atomic E-state index is 12.4. The van der Waals surface area contributed by atoms with Crippen molar-refractivity contribution in [1.82, 2.24) is 20.4 Å². The Morgan fingerprint density at radius 2 is 1.68 bits per heavy atom. The first-order valence-corrected chi connectivity index (χ1v) is 10.7. The van der Waals surface area contributed by atoms with Gasteiger partial charge in [0, 0.05) is 29.4 Å². The van der Waals surface area contributed by atoms with Crippen LogP contribution in [0.3, 0.4) is 0 Å². The highest BCUT2D eigenvalue weighted by Gasteiger charge is 2.17. The maximum Gasteiger partial charge on any atom is 0.252 e. The van der Waals surface area contributed by atoms with Crippen LogP contribution < -0.4 is 10.6 Å². The average Bonchev–Trinajstić information content (AvgIpc) is 2.99. The number of carbonyl (C=O) groups is 2. The quantitative estimate of drug-likeness (QED) is 0.489. The molecule has 0 bridgehead atoms. The second-order valence-electron chi connectivity index (χ2n) is 6.92. The third-order valence-electron chi connectivity index (χ3n) is 4.77. The second kappa shape index (κ2) is 10.2. The topological polar surface area (TPSA) is 76.0 Å². The third kappa shape index (κ3) is 5.58. The molecule has 0 aliphatic carbocycles. The summed E-state index contributed by atoms with van der Waals surface area (Å²) in [6, 6.07) is 12.0. The van der Waals surface area contributed by atoms with Crippen LogP contribution in [0.5, 0.6) is 0 Å². The molecule has 0 saturated heterocycles. The van der Waals surface area contributed by atoms with Crippen molar-refractivity contribution in [3.8, 4) is 5.69 Å². The number of rotatable bonds is 7. The molecule has 3 rings (SSSR count). The van der Waals surface area contributed by atoms with Crippen LogP contribution >= 0.6 is 34.8 Å². The smallest absolute Gasteiger partial charge is 0.252 e. The van der Waals surface area contributed by atoms with E-state index in [1.165, 1.54) is 0 Å². The molecule has 2 aromatic carbocycles. The Morgan fingerprint density at radius 3 is 2.39 bits per heavy atom. The summed E-state index contributed by atoms with van der Waals surface area (Å²) >= 11 is 18.3. The zero-order chi connectivity index (χ0) is 22.5. The van der Waals surface area contributed by atoms with E-state index in [9.17, 15) is 9.59 Å². The van der Waals surface area contributed by atoms with Crippen molar-refractivity contribution in [3.63, 3.8) is 0 Å². The van der Waals surface area contributed by atoms with E-state index < -0.39 is 0 Å². The summed E-state index contributed by atoms with van der Waals surface area (Å²) in [6.45, 7) is 4.31. The Labute approximate surface area is 195 Å². The van der Waals surface area contributed by atoms with Gasteiger partial charge in [-0.2, -0.15) is 5.10 Å². The number of amides is 2. The molecule has 0 aliphatic rings. The van der Waals surface area contributed by atoms with Gasteiger partial charge < -0.3 is 10.6 Å². The number of carbonyl (C=O) groups excluding carboxylic acids is 2. The molecule has 0 fully saturated rings. The Morgan fingerprint density at radius 1 is 0.968 bits per heavy atom. The molecule has 6 nitrogen and oxygen atoms in total. The highest BCUT2D eigenvalue weighted by atomic mass is 35.5. The van der Waals surface area contributed by atoms with Crippen LogP contribution in [0.25, 0.3) is 5.69 Å². The second-order valence-corrected chi connectivity index (χ2v) is 8.17. The van der Waals surface area contributed by atoms with E-state index in [-0.39, 0.29) is 24.8 Å². The molecular weight excluding hydrogens is 459 g/mol. The summed E-state index contributed by atoms with van der Waals surface area (Å²) in [6.07, 6.45) is 0.168. The first kappa shape index (κ1) is 23.1. The summed E-state index contributed by atoms with van der Waals surface area (Å²) in [4.78, 5) is 24.6. The molecule has 0 aliphatic heterocycles. The number of halogens is 3. The van der Waals surface area contributed by atoms with Crippen molar-refractivity contribution in [1.29, 1.82) is 0 Å². The van der Waals surface area contributed by atoms with Crippen LogP contribution in [-0.2, 0) is 11.2 Å². The minimum Gasteiger partial charge on any atom is -0.354 e. The van der Waals surface area contributed by atoms with Crippen LogP contribution in [0.2, 0.25) is 15.1 Å². The van der Waals surface area contributed by atoms with Crippen molar-refractivity contribution in [2.45, 2.75) is 20.3 Å². The highest BCUT2D eigenvalue weighted by molar-refractivity contribution is 6.35. The molecule has 1 heterocycles. The molecule has 2 N–H and O–H groups in total. The fraction of sp³-hybridized carbons (Fsp3) is 0.227. The lowest BCUT2D eigenvalue weighted by atomic mass is 10.1. The molecule has 0 radical (unpaired) electrons. The molecule has 0 spiro atoms. The minimum atomic E-state index is -0.285. The normalized spacial score (nSPS) is 10.7. The molecule has 1 aromatic heterocycles. The van der Waals surface area contributed by atoms with Crippen molar-refractivity contribution in [2.75, 3.05) is 13.1 Å². The Bertz CT molecular complexity index is 1130. The molecule has 2 amide bonds. The van der Waals surface area contributed by atoms with Gasteiger partial charge in [-0.25, -0.2) is 4.68 Å². The van der Waals surface area contributed by atoms with Crippen LogP contribution in [0.1, 0.15) is 27.3 Å². The monoisotopic (exact) mass is 478 g/mol. The van der Waals surface area contributed by atoms with Gasteiger partial charge in [0.05, 0.1) is 33.4 Å². The number of benzene rings is 2. The van der Waals surface area contributed by atoms with Gasteiger partial charge in [0.2, 0.25) is 5.91 Å². The van der Waals surface area contributed by atoms with Gasteiger partial charge in [-0.3, -0.25) is 9.59 Å². The highest BCUT2D eigenvalue weighted by Crippen LogP contribution is 2.27. The standard InChI is InChI=1S/C22H21Cl3N4O2/c1-13-17(14(2)29(28-13)20-8-7-15(23)11-19(20)25)12-21(30)26-9-10-27-22(31)16-5-3-4-6-18(16)24/h3-8,11H,9-10,12H2,1-2H3,(H,26,30)(H,27,31). The van der Waals surface area contributed by atoms with E-state index in [0.29, 0.717) is 32.9 Å². The maximum atomic E-state index is 12.4. The molecular formula is C22H21Cl3N4O2. The fourth-order valence-electron chi connectivity index (χ4n) is 3.16. The van der Waals surface area contributed by atoms with Crippen molar-refractivity contribution in [3.05, 3.63) is 80.0 Å². The predicted molar refractivity (Wildman–Crippen MR) is 124 cm³/mol. The number of hydrogen-bond acceptors (Lipinski definition) is 3. The lowest BCUT2D eigenvalue weighted by Crippen LogP contribution is -2.35. The first-order chi connectivity index (χ1) is 14.8. The van der Waals surface area contributed by atoms with E-state index in [0.717, 1.165) is 17.0 Å². The van der Waals surface area contributed by atoms with Crippen LogP contribution in [0.15, 0.2) is 42.5 Å². The van der Waals surface area contributed by atoms with Gasteiger partial charge in [0.15, 0.2) is 0 Å². The lowest BCUT2D eigenvalue weighted by molar-refractivity contribution is -0.120. The fourth-order valence-corrected chi connectivity index (χ4v) is 3.87. The van der Waals surface area contributed by atoms with E-state index in [1.54, 1.807) is 47.1 Å². The zero-order valence-corrected chi connectivity index (χ0v) is 19.3. The average molecular weight is 480 g/mol. The van der Waals surface area contributed by atoms with Crippen LogP contribution in [0.4, 0.5) is 0 Å². The van der Waals surface area contributed by atoms with Gasteiger partial charge in [0.1, 0.15) is 0 Å². The molecule has 0 saturated carbocycles. The van der Waals surface area contributed by atoms with Gasteiger partial charge in [-0.05, 0) is 44.2 Å². The summed E-state index contributed by atoms with van der Waals surface area (Å²) in [5, 5.41) is 11.5. The zero-order valence-electron chi connectivity index (χ0n) is 17.0. The summed E-state index contributed by atoms with van der Waals surface area (Å²) < 4.78 is 1.71. The molecule has 9 heteroatoms. The van der Waals surface area contributed by atoms with Crippen molar-refractivity contribution >= 4 is 46.6 Å². The summed E-state index contributed by atoms with van der Waals surface area (Å²) in [5.74, 6) is -0.451. The number of aromatic nitrogens is 2. The number of aryl methyl sites for hydroxylation is 1. The third-order valence-corrected chi connectivity index (χ3v) is 5.64. The molecule has 31 heavy (non-hydrogen) atoms. The summed E-state index contributed by atoms with van der Waals surface area (Å²) in [5.41, 5.74) is 3.48. The Balaban J connectivity index is 1.57. The van der Waals surface area contributed by atoms with E-state index >= 15 is 0 Å². The molecule has 0 unspecified atom stereocenters. The SMILES string of the molecule is Cc1nn(-c2ccc(Cl)cc2Cl)c(C)c1CC(=O)NCCNC(=O)c1ccccc1Cl. The van der Waals surface area contributed by atoms with Gasteiger partial charge in [0.25, 0.3) is 5.91 Å². The van der Waals surface area contributed by atoms with E-state index in [2.05, 4.69) is 15.7 Å².